The molecule has 0 unspecified atom stereocenters. The average Bonchev–Trinajstić information content (AvgIpc) is 2.83. The SMILES string of the molecule is Cc1cccc(NC(=O)COc2c(Cl)cc(C3C4=C(CC(C)(C)CC4=O)OC4=C3C(=O)CC(C)(C)C4)cc2Cl)c1C. The van der Waals surface area contributed by atoms with Gasteiger partial charge < -0.3 is 14.8 Å². The van der Waals surface area contributed by atoms with Crippen LogP contribution >= 0.6 is 23.2 Å². The number of Topliss-reactive ketones (excluding diaryl/α,β-unsaturated/α-hetero) is 2. The lowest BCUT2D eigenvalue weighted by Crippen LogP contribution is -2.37. The molecule has 1 N–H and O–H groups in total. The normalized spacial score (nSPS) is 19.9. The summed E-state index contributed by atoms with van der Waals surface area (Å²) in [7, 11) is 0. The summed E-state index contributed by atoms with van der Waals surface area (Å²) in [6, 6.07) is 9.03. The van der Waals surface area contributed by atoms with Crippen molar-refractivity contribution in [1.82, 2.24) is 0 Å². The number of nitrogens with one attached hydrogen (secondary N) is 1. The first-order valence-corrected chi connectivity index (χ1v) is 14.6. The van der Waals surface area contributed by atoms with Crippen molar-refractivity contribution < 1.29 is 23.9 Å². The van der Waals surface area contributed by atoms with Crippen molar-refractivity contribution >= 4 is 46.4 Å². The molecule has 41 heavy (non-hydrogen) atoms. The Kier molecular flexibility index (Phi) is 7.62. The number of halogens is 2. The highest BCUT2D eigenvalue weighted by Gasteiger charge is 2.48. The quantitative estimate of drug-likeness (QED) is 0.378. The fourth-order valence-corrected chi connectivity index (χ4v) is 6.72. The van der Waals surface area contributed by atoms with Crippen molar-refractivity contribution in [2.75, 3.05) is 11.9 Å². The maximum Gasteiger partial charge on any atom is 0.262 e. The monoisotopic (exact) mass is 595 g/mol. The maximum atomic E-state index is 13.5. The molecule has 0 atom stereocenters. The van der Waals surface area contributed by atoms with Gasteiger partial charge in [-0.3, -0.25) is 14.4 Å². The second-order valence-electron chi connectivity index (χ2n) is 13.0. The van der Waals surface area contributed by atoms with Gasteiger partial charge in [0.1, 0.15) is 11.5 Å². The highest BCUT2D eigenvalue weighted by Crippen LogP contribution is 2.54. The molecule has 8 heteroatoms. The molecule has 2 aliphatic carbocycles. The second-order valence-corrected chi connectivity index (χ2v) is 13.8. The van der Waals surface area contributed by atoms with Crippen LogP contribution in [0.2, 0.25) is 10.0 Å². The predicted octanol–water partition coefficient (Wildman–Crippen LogP) is 8.03. The van der Waals surface area contributed by atoms with E-state index in [1.165, 1.54) is 0 Å². The molecule has 216 valence electrons. The molecule has 2 aromatic carbocycles. The third-order valence-electron chi connectivity index (χ3n) is 8.16. The highest BCUT2D eigenvalue weighted by molar-refractivity contribution is 6.37. The second kappa shape index (κ2) is 10.6. The molecular weight excluding hydrogens is 561 g/mol. The summed E-state index contributed by atoms with van der Waals surface area (Å²) in [5.74, 6) is 0.345. The first-order valence-electron chi connectivity index (χ1n) is 13.8. The van der Waals surface area contributed by atoms with E-state index in [1.807, 2.05) is 59.7 Å². The van der Waals surface area contributed by atoms with E-state index in [0.717, 1.165) is 11.1 Å². The lowest BCUT2D eigenvalue weighted by Gasteiger charge is -2.42. The van der Waals surface area contributed by atoms with Gasteiger partial charge in [0.05, 0.1) is 10.0 Å². The maximum absolute atomic E-state index is 13.5. The summed E-state index contributed by atoms with van der Waals surface area (Å²) >= 11 is 13.4. The van der Waals surface area contributed by atoms with Crippen LogP contribution in [-0.4, -0.2) is 24.1 Å². The summed E-state index contributed by atoms with van der Waals surface area (Å²) in [6.45, 7) is 11.8. The summed E-state index contributed by atoms with van der Waals surface area (Å²) < 4.78 is 12.1. The Hall–Kier alpha value is -3.09. The third-order valence-corrected chi connectivity index (χ3v) is 8.72. The van der Waals surface area contributed by atoms with Crippen LogP contribution in [0.15, 0.2) is 53.0 Å². The molecule has 5 rings (SSSR count). The Bertz CT molecular complexity index is 1470. The van der Waals surface area contributed by atoms with E-state index in [0.29, 0.717) is 59.6 Å². The molecule has 0 saturated heterocycles. The molecule has 0 spiro atoms. The molecule has 1 heterocycles. The van der Waals surface area contributed by atoms with E-state index < -0.39 is 5.92 Å². The van der Waals surface area contributed by atoms with Crippen molar-refractivity contribution in [2.45, 2.75) is 73.1 Å². The van der Waals surface area contributed by atoms with E-state index in [1.54, 1.807) is 12.1 Å². The number of ketones is 2. The van der Waals surface area contributed by atoms with Crippen molar-refractivity contribution in [3.8, 4) is 5.75 Å². The molecular formula is C33H35Cl2NO5. The Labute approximate surface area is 251 Å². The predicted molar refractivity (Wildman–Crippen MR) is 160 cm³/mol. The van der Waals surface area contributed by atoms with Crippen LogP contribution in [-0.2, 0) is 19.1 Å². The van der Waals surface area contributed by atoms with E-state index >= 15 is 0 Å². The summed E-state index contributed by atoms with van der Waals surface area (Å²) in [5.41, 5.74) is 3.87. The number of anilines is 1. The molecule has 0 saturated carbocycles. The van der Waals surface area contributed by atoms with Gasteiger partial charge in [-0.25, -0.2) is 0 Å². The van der Waals surface area contributed by atoms with E-state index in [-0.39, 0.29) is 50.7 Å². The van der Waals surface area contributed by atoms with Gasteiger partial charge in [0.2, 0.25) is 0 Å². The number of carbonyl (C=O) groups is 3. The number of rotatable bonds is 5. The van der Waals surface area contributed by atoms with Crippen LogP contribution in [0.5, 0.6) is 5.75 Å². The number of amides is 1. The van der Waals surface area contributed by atoms with Gasteiger partial charge in [-0.2, -0.15) is 0 Å². The Morgan fingerprint density at radius 1 is 0.927 bits per heavy atom. The number of hydrogen-bond donors (Lipinski definition) is 1. The van der Waals surface area contributed by atoms with Crippen LogP contribution in [0.4, 0.5) is 5.69 Å². The lowest BCUT2D eigenvalue weighted by atomic mass is 9.65. The lowest BCUT2D eigenvalue weighted by molar-refractivity contribution is -0.120. The molecule has 3 aliphatic rings. The fraction of sp³-hybridized carbons (Fsp3) is 0.424. The fourth-order valence-electron chi connectivity index (χ4n) is 6.10. The molecule has 0 radical (unpaired) electrons. The summed E-state index contributed by atoms with van der Waals surface area (Å²) in [5, 5.41) is 3.24. The highest BCUT2D eigenvalue weighted by atomic mass is 35.5. The zero-order valence-electron chi connectivity index (χ0n) is 24.3. The van der Waals surface area contributed by atoms with Crippen LogP contribution in [0.3, 0.4) is 0 Å². The zero-order chi connectivity index (χ0) is 29.9. The van der Waals surface area contributed by atoms with E-state index in [4.69, 9.17) is 32.7 Å². The van der Waals surface area contributed by atoms with Crippen molar-refractivity contribution in [1.29, 1.82) is 0 Å². The number of benzene rings is 2. The molecule has 1 amide bonds. The smallest absolute Gasteiger partial charge is 0.262 e. The van der Waals surface area contributed by atoms with E-state index in [9.17, 15) is 14.4 Å². The molecule has 1 aliphatic heterocycles. The van der Waals surface area contributed by atoms with Gasteiger partial charge >= 0.3 is 0 Å². The van der Waals surface area contributed by atoms with Crippen LogP contribution in [0.1, 0.15) is 76.0 Å². The minimum Gasteiger partial charge on any atom is -0.481 e. The first kappa shape index (κ1) is 29.4. The largest absolute Gasteiger partial charge is 0.481 e. The summed E-state index contributed by atoms with van der Waals surface area (Å²) in [4.78, 5) is 39.7. The Morgan fingerprint density at radius 2 is 1.46 bits per heavy atom. The van der Waals surface area contributed by atoms with Crippen LogP contribution in [0.25, 0.3) is 0 Å². The van der Waals surface area contributed by atoms with Crippen molar-refractivity contribution in [3.63, 3.8) is 0 Å². The van der Waals surface area contributed by atoms with Crippen molar-refractivity contribution in [2.24, 2.45) is 10.8 Å². The molecule has 2 aromatic rings. The van der Waals surface area contributed by atoms with Gasteiger partial charge in [-0.1, -0.05) is 63.0 Å². The molecule has 0 aromatic heterocycles. The number of ether oxygens (including phenoxy) is 2. The van der Waals surface area contributed by atoms with Gasteiger partial charge in [0.15, 0.2) is 23.9 Å². The van der Waals surface area contributed by atoms with Crippen LogP contribution in [0, 0.1) is 24.7 Å². The molecule has 6 nitrogen and oxygen atoms in total. The number of aryl methyl sites for hydroxylation is 1. The van der Waals surface area contributed by atoms with E-state index in [2.05, 4.69) is 5.32 Å². The minimum atomic E-state index is -0.627. The summed E-state index contributed by atoms with van der Waals surface area (Å²) in [6.07, 6.45) is 1.89. The van der Waals surface area contributed by atoms with Gasteiger partial charge in [-0.15, -0.1) is 0 Å². The zero-order valence-corrected chi connectivity index (χ0v) is 25.8. The Morgan fingerprint density at radius 3 is 2.00 bits per heavy atom. The number of hydrogen-bond acceptors (Lipinski definition) is 5. The van der Waals surface area contributed by atoms with Crippen molar-refractivity contribution in [3.05, 3.63) is 79.7 Å². The van der Waals surface area contributed by atoms with Gasteiger partial charge in [0, 0.05) is 48.4 Å². The third kappa shape index (κ3) is 5.82. The first-order chi connectivity index (χ1) is 19.2. The number of carbonyl (C=O) groups excluding carboxylic acids is 3. The molecule has 0 bridgehead atoms. The molecule has 0 fully saturated rings. The average molecular weight is 597 g/mol. The topological polar surface area (TPSA) is 81.7 Å². The standard InChI is InChI=1S/C33H35Cl2NO5/c1-17-8-7-9-22(18(17)2)36-27(39)16-40-31-20(34)10-19(11-21(31)35)28-29-23(37)12-32(3,4)14-25(29)41-26-15-33(5,6)13-24(38)30(26)28/h7-11,28H,12-16H2,1-6H3,(H,36,39). The van der Waals surface area contributed by atoms with Gasteiger partial charge in [0.25, 0.3) is 5.91 Å². The van der Waals surface area contributed by atoms with Crippen LogP contribution < -0.4 is 10.1 Å². The van der Waals surface area contributed by atoms with Gasteiger partial charge in [-0.05, 0) is 59.6 Å². The number of allylic oxidation sites excluding steroid dienone is 4. The minimum absolute atomic E-state index is 0.0406. The Balaban J connectivity index is 1.47.